The summed E-state index contributed by atoms with van der Waals surface area (Å²) >= 11 is 4.57. The third-order valence-electron chi connectivity index (χ3n) is 4.02. The van der Waals surface area contributed by atoms with E-state index in [4.69, 9.17) is 9.94 Å². The van der Waals surface area contributed by atoms with Crippen LogP contribution in [0.1, 0.15) is 21.7 Å². The smallest absolute Gasteiger partial charge is 0.261 e. The molecule has 27 heavy (non-hydrogen) atoms. The SMILES string of the molecule is COc1cccc(C[C@@H](C[C@@H](CO)NC(=O)c2ccc(Br)s2)C(=O)NO)c1. The minimum Gasteiger partial charge on any atom is -0.497 e. The van der Waals surface area contributed by atoms with Crippen LogP contribution >= 0.6 is 27.3 Å². The molecule has 0 radical (unpaired) electrons. The van der Waals surface area contributed by atoms with Gasteiger partial charge in [0.15, 0.2) is 0 Å². The maximum absolute atomic E-state index is 12.3. The molecule has 1 heterocycles. The van der Waals surface area contributed by atoms with E-state index in [9.17, 15) is 14.7 Å². The van der Waals surface area contributed by atoms with Gasteiger partial charge in [-0.05, 0) is 58.6 Å². The molecule has 0 aliphatic heterocycles. The van der Waals surface area contributed by atoms with Crippen molar-refractivity contribution in [1.82, 2.24) is 10.8 Å². The highest BCUT2D eigenvalue weighted by Gasteiger charge is 2.25. The predicted molar refractivity (Wildman–Crippen MR) is 105 cm³/mol. The van der Waals surface area contributed by atoms with Gasteiger partial charge in [-0.25, -0.2) is 5.48 Å². The van der Waals surface area contributed by atoms with Gasteiger partial charge in [-0.2, -0.15) is 0 Å². The molecule has 0 unspecified atom stereocenters. The Morgan fingerprint density at radius 1 is 1.30 bits per heavy atom. The van der Waals surface area contributed by atoms with E-state index in [1.165, 1.54) is 11.3 Å². The Labute approximate surface area is 169 Å². The number of hydrogen-bond donors (Lipinski definition) is 4. The molecule has 0 spiro atoms. The molecule has 2 amide bonds. The first kappa shape index (κ1) is 21.4. The van der Waals surface area contributed by atoms with Crippen LogP contribution in [0, 0.1) is 5.92 Å². The lowest BCUT2D eigenvalue weighted by atomic mass is 9.92. The van der Waals surface area contributed by atoms with E-state index in [0.29, 0.717) is 17.0 Å². The molecule has 7 nitrogen and oxygen atoms in total. The molecule has 2 atom stereocenters. The molecule has 2 aromatic rings. The molecule has 0 fully saturated rings. The molecule has 9 heteroatoms. The number of ether oxygens (including phenoxy) is 1. The maximum atomic E-state index is 12.3. The van der Waals surface area contributed by atoms with Gasteiger partial charge in [0.1, 0.15) is 5.75 Å². The number of hydrogen-bond acceptors (Lipinski definition) is 6. The van der Waals surface area contributed by atoms with Crippen molar-refractivity contribution in [2.75, 3.05) is 13.7 Å². The van der Waals surface area contributed by atoms with Gasteiger partial charge in [-0.15, -0.1) is 11.3 Å². The second kappa shape index (κ2) is 10.4. The van der Waals surface area contributed by atoms with Crippen molar-refractivity contribution in [2.24, 2.45) is 5.92 Å². The lowest BCUT2D eigenvalue weighted by Crippen LogP contribution is -2.41. The molecular formula is C18H21BrN2O5S. The van der Waals surface area contributed by atoms with Crippen molar-refractivity contribution < 1.29 is 24.6 Å². The van der Waals surface area contributed by atoms with Crippen LogP contribution in [0.3, 0.4) is 0 Å². The van der Waals surface area contributed by atoms with Crippen LogP contribution < -0.4 is 15.5 Å². The van der Waals surface area contributed by atoms with Gasteiger partial charge < -0.3 is 15.2 Å². The molecule has 0 bridgehead atoms. The first-order valence-electron chi connectivity index (χ1n) is 8.20. The first-order valence-corrected chi connectivity index (χ1v) is 9.81. The number of carbonyl (C=O) groups excluding carboxylic acids is 2. The minimum atomic E-state index is -0.644. The fourth-order valence-corrected chi connectivity index (χ4v) is 3.96. The third kappa shape index (κ3) is 6.31. The number of halogens is 1. The summed E-state index contributed by atoms with van der Waals surface area (Å²) in [7, 11) is 1.55. The maximum Gasteiger partial charge on any atom is 0.261 e. The van der Waals surface area contributed by atoms with E-state index >= 15 is 0 Å². The Kier molecular flexibility index (Phi) is 8.23. The van der Waals surface area contributed by atoms with Crippen molar-refractivity contribution in [3.63, 3.8) is 0 Å². The molecule has 2 rings (SSSR count). The molecule has 146 valence electrons. The van der Waals surface area contributed by atoms with Gasteiger partial charge in [-0.3, -0.25) is 14.8 Å². The standard InChI is InChI=1S/C18H21BrN2O5S/c1-26-14-4-2-3-11(8-14)7-12(17(23)21-25)9-13(10-22)20-18(24)15-5-6-16(19)27-15/h2-6,8,12-13,22,25H,7,9-10H2,1H3,(H,20,24)(H,21,23)/t12-,13-/m0/s1. The third-order valence-corrected chi connectivity index (χ3v) is 5.64. The predicted octanol–water partition coefficient (Wildman–Crippen LogP) is 2.36. The van der Waals surface area contributed by atoms with Crippen molar-refractivity contribution in [3.05, 3.63) is 50.6 Å². The number of rotatable bonds is 9. The average Bonchev–Trinajstić information content (AvgIpc) is 3.12. The summed E-state index contributed by atoms with van der Waals surface area (Å²) in [5.74, 6) is -0.890. The van der Waals surface area contributed by atoms with E-state index < -0.39 is 17.9 Å². The first-order chi connectivity index (χ1) is 13.0. The van der Waals surface area contributed by atoms with E-state index in [0.717, 1.165) is 9.35 Å². The number of aliphatic hydroxyl groups excluding tert-OH is 1. The van der Waals surface area contributed by atoms with Gasteiger partial charge in [-0.1, -0.05) is 12.1 Å². The molecule has 1 aromatic heterocycles. The van der Waals surface area contributed by atoms with Crippen LogP contribution in [0.15, 0.2) is 40.2 Å². The largest absolute Gasteiger partial charge is 0.497 e. The van der Waals surface area contributed by atoms with Crippen LogP contribution in [0.25, 0.3) is 0 Å². The van der Waals surface area contributed by atoms with Crippen LogP contribution in [0.5, 0.6) is 5.75 Å². The van der Waals surface area contributed by atoms with E-state index in [1.807, 2.05) is 12.1 Å². The summed E-state index contributed by atoms with van der Waals surface area (Å²) in [6.45, 7) is -0.328. The number of aliphatic hydroxyl groups is 1. The highest BCUT2D eigenvalue weighted by Crippen LogP contribution is 2.23. The number of benzene rings is 1. The molecule has 4 N–H and O–H groups in total. The van der Waals surface area contributed by atoms with E-state index in [1.54, 1.807) is 36.9 Å². The Bertz CT molecular complexity index is 783. The summed E-state index contributed by atoms with van der Waals surface area (Å²) in [6.07, 6.45) is 0.485. The number of amides is 2. The molecule has 0 aliphatic rings. The van der Waals surface area contributed by atoms with Crippen molar-refractivity contribution in [1.29, 1.82) is 0 Å². The van der Waals surface area contributed by atoms with Gasteiger partial charge in [0.05, 0.1) is 28.4 Å². The molecule has 0 saturated heterocycles. The van der Waals surface area contributed by atoms with E-state index in [2.05, 4.69) is 21.2 Å². The summed E-state index contributed by atoms with van der Waals surface area (Å²) in [5, 5.41) is 21.4. The summed E-state index contributed by atoms with van der Waals surface area (Å²) in [4.78, 5) is 24.9. The average molecular weight is 457 g/mol. The van der Waals surface area contributed by atoms with Crippen molar-refractivity contribution in [3.8, 4) is 5.75 Å². The summed E-state index contributed by atoms with van der Waals surface area (Å²) < 4.78 is 6.00. The lowest BCUT2D eigenvalue weighted by molar-refractivity contribution is -0.133. The Hall–Kier alpha value is -1.94. The van der Waals surface area contributed by atoms with Gasteiger partial charge >= 0.3 is 0 Å². The van der Waals surface area contributed by atoms with Gasteiger partial charge in [0, 0.05) is 5.92 Å². The minimum absolute atomic E-state index is 0.165. The summed E-state index contributed by atoms with van der Waals surface area (Å²) in [5.41, 5.74) is 2.50. The number of hydroxylamine groups is 1. The highest BCUT2D eigenvalue weighted by molar-refractivity contribution is 9.11. The molecule has 0 aliphatic carbocycles. The van der Waals surface area contributed by atoms with Crippen LogP contribution in [0.2, 0.25) is 0 Å². The zero-order valence-electron chi connectivity index (χ0n) is 14.6. The fraction of sp³-hybridized carbons (Fsp3) is 0.333. The molecular weight excluding hydrogens is 436 g/mol. The normalized spacial score (nSPS) is 12.9. The topological polar surface area (TPSA) is 108 Å². The fourth-order valence-electron chi connectivity index (χ4n) is 2.67. The lowest BCUT2D eigenvalue weighted by Gasteiger charge is -2.22. The Morgan fingerprint density at radius 2 is 2.07 bits per heavy atom. The molecule has 1 aromatic carbocycles. The van der Waals surface area contributed by atoms with Gasteiger partial charge in [0.25, 0.3) is 5.91 Å². The van der Waals surface area contributed by atoms with Gasteiger partial charge in [0.2, 0.25) is 5.91 Å². The van der Waals surface area contributed by atoms with Crippen molar-refractivity contribution >= 4 is 39.1 Å². The number of thiophene rings is 1. The second-order valence-corrected chi connectivity index (χ2v) is 8.38. The van der Waals surface area contributed by atoms with Crippen LogP contribution in [-0.2, 0) is 11.2 Å². The Morgan fingerprint density at radius 3 is 2.67 bits per heavy atom. The zero-order valence-corrected chi connectivity index (χ0v) is 17.0. The molecule has 0 saturated carbocycles. The zero-order chi connectivity index (χ0) is 19.8. The van der Waals surface area contributed by atoms with Crippen LogP contribution in [0.4, 0.5) is 0 Å². The van der Waals surface area contributed by atoms with Crippen molar-refractivity contribution in [2.45, 2.75) is 18.9 Å². The summed E-state index contributed by atoms with van der Waals surface area (Å²) in [6, 6.07) is 10.0. The number of carbonyl (C=O) groups is 2. The second-order valence-electron chi connectivity index (χ2n) is 5.92. The number of methoxy groups -OCH3 is 1. The highest BCUT2D eigenvalue weighted by atomic mass is 79.9. The monoisotopic (exact) mass is 456 g/mol. The number of nitrogens with one attached hydrogen (secondary N) is 2. The Balaban J connectivity index is 2.08. The van der Waals surface area contributed by atoms with Crippen LogP contribution in [-0.4, -0.2) is 41.9 Å². The van der Waals surface area contributed by atoms with E-state index in [-0.39, 0.29) is 18.9 Å². The quantitative estimate of drug-likeness (QED) is 0.342.